The smallest absolute Gasteiger partial charge is 0.348 e. The minimum atomic E-state index is -0.291. The Bertz CT molecular complexity index is 458. The molecule has 0 aliphatic carbocycles. The first-order chi connectivity index (χ1) is 6.22. The average molecular weight is 196 g/mol. The minimum absolute atomic E-state index is 0.291. The van der Waals surface area contributed by atoms with Gasteiger partial charge in [-0.1, -0.05) is 0 Å². The molecule has 4 nitrogen and oxygen atoms in total. The molecule has 0 aliphatic rings. The zero-order chi connectivity index (χ0) is 9.42. The number of ether oxygens (including phenoxy) is 1. The molecule has 0 saturated carbocycles. The summed E-state index contributed by atoms with van der Waals surface area (Å²) in [5.41, 5.74) is 0.963. The highest BCUT2D eigenvalue weighted by molar-refractivity contribution is 7.20. The highest BCUT2D eigenvalue weighted by Crippen LogP contribution is 2.24. The van der Waals surface area contributed by atoms with Gasteiger partial charge >= 0.3 is 5.97 Å². The number of aromatic nitrogens is 2. The molecule has 0 N–H and O–H groups in total. The number of nitrogens with zero attached hydrogens (tertiary/aromatic N) is 2. The van der Waals surface area contributed by atoms with Gasteiger partial charge in [0, 0.05) is 7.05 Å². The van der Waals surface area contributed by atoms with Crippen molar-refractivity contribution in [1.29, 1.82) is 0 Å². The van der Waals surface area contributed by atoms with Crippen molar-refractivity contribution in [3.63, 3.8) is 0 Å². The molecule has 0 atom stereocenters. The highest BCUT2D eigenvalue weighted by Gasteiger charge is 2.12. The summed E-state index contributed by atoms with van der Waals surface area (Å²) in [6.07, 6.45) is 1.74. The second-order valence-corrected chi connectivity index (χ2v) is 3.70. The van der Waals surface area contributed by atoms with Crippen molar-refractivity contribution < 1.29 is 9.53 Å². The van der Waals surface area contributed by atoms with Gasteiger partial charge in [-0.15, -0.1) is 11.3 Å². The second-order valence-electron chi connectivity index (χ2n) is 2.62. The third kappa shape index (κ3) is 1.21. The van der Waals surface area contributed by atoms with Crippen LogP contribution in [0.3, 0.4) is 0 Å². The number of hydrogen-bond acceptors (Lipinski definition) is 4. The van der Waals surface area contributed by atoms with E-state index in [0.717, 1.165) is 10.2 Å². The fourth-order valence-corrected chi connectivity index (χ4v) is 2.11. The summed E-state index contributed by atoms with van der Waals surface area (Å²) in [6, 6.07) is 1.79. The first-order valence-electron chi connectivity index (χ1n) is 3.72. The molecule has 2 aromatic rings. The Morgan fingerprint density at radius 1 is 1.69 bits per heavy atom. The molecule has 0 fully saturated rings. The predicted octanol–water partition coefficient (Wildman–Crippen LogP) is 1.42. The van der Waals surface area contributed by atoms with Gasteiger partial charge in [-0.2, -0.15) is 5.10 Å². The summed E-state index contributed by atoms with van der Waals surface area (Å²) in [5, 5.41) is 4.06. The average Bonchev–Trinajstić information content (AvgIpc) is 2.67. The zero-order valence-electron chi connectivity index (χ0n) is 7.27. The van der Waals surface area contributed by atoms with Crippen molar-refractivity contribution >= 4 is 27.5 Å². The van der Waals surface area contributed by atoms with Gasteiger partial charge in [-0.25, -0.2) is 4.79 Å². The van der Waals surface area contributed by atoms with Gasteiger partial charge in [0.15, 0.2) is 0 Å². The van der Waals surface area contributed by atoms with Crippen LogP contribution in [-0.4, -0.2) is 22.9 Å². The molecule has 2 rings (SSSR count). The largest absolute Gasteiger partial charge is 0.465 e. The van der Waals surface area contributed by atoms with E-state index in [2.05, 4.69) is 9.84 Å². The number of fused-ring (bicyclic) bond motifs is 1. The minimum Gasteiger partial charge on any atom is -0.465 e. The lowest BCUT2D eigenvalue weighted by Crippen LogP contribution is -1.97. The molecule has 0 unspecified atom stereocenters. The van der Waals surface area contributed by atoms with Crippen molar-refractivity contribution in [2.45, 2.75) is 0 Å². The number of aryl methyl sites for hydroxylation is 1. The molecule has 0 aliphatic heterocycles. The van der Waals surface area contributed by atoms with Crippen LogP contribution in [0.2, 0.25) is 0 Å². The maximum atomic E-state index is 11.2. The molecule has 13 heavy (non-hydrogen) atoms. The summed E-state index contributed by atoms with van der Waals surface area (Å²) < 4.78 is 7.35. The van der Waals surface area contributed by atoms with E-state index < -0.39 is 0 Å². The standard InChI is InChI=1S/C8H8N2O2S/c1-10-5-3-6(8(11)12-2)13-7(5)4-9-10/h3-4H,1-2H3. The summed E-state index contributed by atoms with van der Waals surface area (Å²) in [4.78, 5) is 11.8. The zero-order valence-corrected chi connectivity index (χ0v) is 8.09. The van der Waals surface area contributed by atoms with Crippen molar-refractivity contribution in [2.75, 3.05) is 7.11 Å². The van der Waals surface area contributed by atoms with Crippen LogP contribution in [-0.2, 0) is 11.8 Å². The Hall–Kier alpha value is -1.36. The quantitative estimate of drug-likeness (QED) is 0.648. The van der Waals surface area contributed by atoms with Crippen LogP contribution in [0.1, 0.15) is 9.67 Å². The molecule has 2 aromatic heterocycles. The molecule has 0 radical (unpaired) electrons. The lowest BCUT2D eigenvalue weighted by atomic mass is 10.4. The molecule has 0 amide bonds. The van der Waals surface area contributed by atoms with E-state index in [0.29, 0.717) is 4.88 Å². The number of hydrogen-bond donors (Lipinski definition) is 0. The van der Waals surface area contributed by atoms with Gasteiger partial charge in [0.05, 0.1) is 23.5 Å². The SMILES string of the molecule is COC(=O)c1cc2c(cnn2C)s1. The van der Waals surface area contributed by atoms with Crippen molar-refractivity contribution in [3.05, 3.63) is 17.1 Å². The van der Waals surface area contributed by atoms with Crippen LogP contribution in [0.15, 0.2) is 12.3 Å². The number of rotatable bonds is 1. The van der Waals surface area contributed by atoms with E-state index in [4.69, 9.17) is 0 Å². The van der Waals surface area contributed by atoms with E-state index in [1.807, 2.05) is 7.05 Å². The van der Waals surface area contributed by atoms with Crippen molar-refractivity contribution in [1.82, 2.24) is 9.78 Å². The third-order valence-electron chi connectivity index (χ3n) is 1.82. The first kappa shape index (κ1) is 8.25. The fraction of sp³-hybridized carbons (Fsp3) is 0.250. The molecule has 0 bridgehead atoms. The van der Waals surface area contributed by atoms with Crippen LogP contribution in [0.4, 0.5) is 0 Å². The van der Waals surface area contributed by atoms with Crippen LogP contribution in [0, 0.1) is 0 Å². The highest BCUT2D eigenvalue weighted by atomic mass is 32.1. The normalized spacial score (nSPS) is 10.6. The van der Waals surface area contributed by atoms with Gasteiger partial charge in [0.1, 0.15) is 4.88 Å². The van der Waals surface area contributed by atoms with Gasteiger partial charge in [-0.3, -0.25) is 4.68 Å². The number of carbonyl (C=O) groups is 1. The Morgan fingerprint density at radius 2 is 2.46 bits per heavy atom. The molecule has 0 spiro atoms. The molecule has 2 heterocycles. The fourth-order valence-electron chi connectivity index (χ4n) is 1.14. The van der Waals surface area contributed by atoms with Crippen molar-refractivity contribution in [2.24, 2.45) is 7.05 Å². The summed E-state index contributed by atoms with van der Waals surface area (Å²) in [7, 11) is 3.22. The Labute approximate surface area is 78.7 Å². The van der Waals surface area contributed by atoms with Crippen molar-refractivity contribution in [3.8, 4) is 0 Å². The Kier molecular flexibility index (Phi) is 1.81. The molecule has 0 saturated heterocycles. The van der Waals surface area contributed by atoms with E-state index in [9.17, 15) is 4.79 Å². The van der Waals surface area contributed by atoms with E-state index >= 15 is 0 Å². The number of carbonyl (C=O) groups excluding carboxylic acids is 1. The van der Waals surface area contributed by atoms with E-state index in [1.54, 1.807) is 16.9 Å². The lowest BCUT2D eigenvalue weighted by molar-refractivity contribution is 0.0606. The third-order valence-corrected chi connectivity index (χ3v) is 2.86. The Balaban J connectivity index is 2.56. The Morgan fingerprint density at radius 3 is 3.08 bits per heavy atom. The van der Waals surface area contributed by atoms with E-state index in [1.165, 1.54) is 18.4 Å². The topological polar surface area (TPSA) is 44.1 Å². The summed E-state index contributed by atoms with van der Waals surface area (Å²) in [5.74, 6) is -0.291. The molecule has 68 valence electrons. The molecular formula is C8H8N2O2S. The number of methoxy groups -OCH3 is 1. The van der Waals surface area contributed by atoms with Crippen LogP contribution in [0.5, 0.6) is 0 Å². The second kappa shape index (κ2) is 2.85. The molecule has 5 heteroatoms. The van der Waals surface area contributed by atoms with Gasteiger partial charge in [-0.05, 0) is 6.07 Å². The first-order valence-corrected chi connectivity index (χ1v) is 4.54. The summed E-state index contributed by atoms with van der Waals surface area (Å²) in [6.45, 7) is 0. The van der Waals surface area contributed by atoms with Crippen LogP contribution >= 0.6 is 11.3 Å². The van der Waals surface area contributed by atoms with Gasteiger partial charge in [0.2, 0.25) is 0 Å². The van der Waals surface area contributed by atoms with Crippen LogP contribution < -0.4 is 0 Å². The molecular weight excluding hydrogens is 188 g/mol. The molecule has 0 aromatic carbocycles. The number of thiophene rings is 1. The van der Waals surface area contributed by atoms with Gasteiger partial charge < -0.3 is 4.74 Å². The maximum absolute atomic E-state index is 11.2. The van der Waals surface area contributed by atoms with Gasteiger partial charge in [0.25, 0.3) is 0 Å². The predicted molar refractivity (Wildman–Crippen MR) is 49.9 cm³/mol. The monoisotopic (exact) mass is 196 g/mol. The number of esters is 1. The summed E-state index contributed by atoms with van der Waals surface area (Å²) >= 11 is 1.39. The van der Waals surface area contributed by atoms with Crippen LogP contribution in [0.25, 0.3) is 10.2 Å². The van der Waals surface area contributed by atoms with E-state index in [-0.39, 0.29) is 5.97 Å². The lowest BCUT2D eigenvalue weighted by Gasteiger charge is -1.91. The maximum Gasteiger partial charge on any atom is 0.348 e.